The molecule has 0 unspecified atom stereocenters. The van der Waals surface area contributed by atoms with Crippen LogP contribution in [0.4, 0.5) is 0 Å². The fourth-order valence-corrected chi connectivity index (χ4v) is 4.23. The molecule has 0 N–H and O–H groups in total. The quantitative estimate of drug-likeness (QED) is 0.554. The van der Waals surface area contributed by atoms with E-state index in [4.69, 9.17) is 28.5 Å². The van der Waals surface area contributed by atoms with Gasteiger partial charge in [0.05, 0.1) is 12.0 Å². The Morgan fingerprint density at radius 1 is 1.42 bits per heavy atom. The summed E-state index contributed by atoms with van der Waals surface area (Å²) in [6.07, 6.45) is 3.21. The average molecular weight is 202 g/mol. The van der Waals surface area contributed by atoms with Gasteiger partial charge in [-0.1, -0.05) is 0 Å². The van der Waals surface area contributed by atoms with E-state index < -0.39 is 4.33 Å². The Balaban J connectivity index is 1.93. The van der Waals surface area contributed by atoms with Gasteiger partial charge in [-0.2, -0.15) is 5.26 Å². The molecule has 4 saturated carbocycles. The molecule has 0 aromatic rings. The molecule has 1 nitrogen and oxygen atoms in total. The number of nitriles is 1. The Labute approximate surface area is 81.6 Å². The smallest absolute Gasteiger partial charge is 0.125 e. The van der Waals surface area contributed by atoms with E-state index in [1.165, 1.54) is 6.42 Å². The van der Waals surface area contributed by atoms with Crippen LogP contribution in [0.3, 0.4) is 0 Å². The molecule has 0 aromatic heterocycles. The summed E-state index contributed by atoms with van der Waals surface area (Å²) in [7, 11) is 0. The molecule has 4 fully saturated rings. The molecule has 2 bridgehead atoms. The molecule has 3 heteroatoms. The van der Waals surface area contributed by atoms with Crippen molar-refractivity contribution in [2.24, 2.45) is 23.2 Å². The lowest BCUT2D eigenvalue weighted by atomic mass is 9.71. The molecule has 0 amide bonds. The summed E-state index contributed by atoms with van der Waals surface area (Å²) in [4.78, 5) is 0. The van der Waals surface area contributed by atoms with Crippen molar-refractivity contribution in [1.82, 2.24) is 0 Å². The maximum atomic E-state index is 8.86. The van der Waals surface area contributed by atoms with Crippen LogP contribution in [0.15, 0.2) is 0 Å². The number of nitrogens with zero attached hydrogens (tertiary/aromatic N) is 1. The van der Waals surface area contributed by atoms with Gasteiger partial charge < -0.3 is 0 Å². The SMILES string of the molecule is N#C[C@@H]1[C@@H]2C[C@H]1[C@@]1(C2)CC1(Cl)Cl. The first-order valence-corrected chi connectivity index (χ1v) is 5.14. The molecule has 64 valence electrons. The maximum absolute atomic E-state index is 8.86. The highest BCUT2D eigenvalue weighted by Crippen LogP contribution is 2.81. The molecule has 4 rings (SSSR count). The average Bonchev–Trinajstić information content (AvgIpc) is 2.31. The van der Waals surface area contributed by atoms with Gasteiger partial charge in [-0.25, -0.2) is 0 Å². The molecule has 1 spiro atoms. The summed E-state index contributed by atoms with van der Waals surface area (Å²) in [5.41, 5.74) is 0.154. The van der Waals surface area contributed by atoms with Crippen molar-refractivity contribution in [2.45, 2.75) is 23.6 Å². The van der Waals surface area contributed by atoms with Gasteiger partial charge in [0.2, 0.25) is 0 Å². The van der Waals surface area contributed by atoms with Crippen molar-refractivity contribution in [2.75, 3.05) is 0 Å². The molecule has 0 saturated heterocycles. The van der Waals surface area contributed by atoms with E-state index in [1.807, 2.05) is 0 Å². The molecule has 0 radical (unpaired) electrons. The zero-order valence-corrected chi connectivity index (χ0v) is 8.07. The fourth-order valence-electron chi connectivity index (χ4n) is 3.32. The van der Waals surface area contributed by atoms with Gasteiger partial charge in [-0.3, -0.25) is 0 Å². The van der Waals surface area contributed by atoms with E-state index >= 15 is 0 Å². The molecule has 0 aliphatic heterocycles. The van der Waals surface area contributed by atoms with Gasteiger partial charge in [0.25, 0.3) is 0 Å². The first kappa shape index (κ1) is 7.47. The lowest BCUT2D eigenvalue weighted by Crippen LogP contribution is -2.29. The fraction of sp³-hybridized carbons (Fsp3) is 0.889. The highest BCUT2D eigenvalue weighted by molar-refractivity contribution is 6.51. The van der Waals surface area contributed by atoms with Crippen molar-refractivity contribution < 1.29 is 0 Å². The molecular weight excluding hydrogens is 193 g/mol. The second-order valence-corrected chi connectivity index (χ2v) is 5.98. The number of halogens is 2. The van der Waals surface area contributed by atoms with E-state index in [2.05, 4.69) is 6.07 Å². The topological polar surface area (TPSA) is 23.8 Å². The standard InChI is InChI=1S/C9H9Cl2N/c10-9(11)4-8(9)2-5-1-7(8)6(5)3-12/h5-7H,1-2,4H2/t5-,6-,7-,8-/m1/s1. The van der Waals surface area contributed by atoms with Crippen molar-refractivity contribution in [1.29, 1.82) is 5.26 Å². The predicted octanol–water partition coefficient (Wildman–Crippen LogP) is 2.73. The second-order valence-electron chi connectivity index (χ2n) is 4.50. The predicted molar refractivity (Wildman–Crippen MR) is 46.8 cm³/mol. The van der Waals surface area contributed by atoms with Crippen LogP contribution in [0.5, 0.6) is 0 Å². The zero-order chi connectivity index (χ0) is 8.56. The van der Waals surface area contributed by atoms with Crippen LogP contribution in [0.25, 0.3) is 0 Å². The minimum absolute atomic E-state index is 0.154. The monoisotopic (exact) mass is 201 g/mol. The van der Waals surface area contributed by atoms with Gasteiger partial charge >= 0.3 is 0 Å². The lowest BCUT2D eigenvalue weighted by molar-refractivity contribution is 0.187. The van der Waals surface area contributed by atoms with E-state index in [0.717, 1.165) is 12.8 Å². The first-order valence-electron chi connectivity index (χ1n) is 4.38. The van der Waals surface area contributed by atoms with Crippen molar-refractivity contribution in [3.8, 4) is 6.07 Å². The minimum atomic E-state index is -0.488. The van der Waals surface area contributed by atoms with Gasteiger partial charge in [-0.05, 0) is 31.1 Å². The summed E-state index contributed by atoms with van der Waals surface area (Å²) in [6, 6.07) is 2.38. The normalized spacial score (nSPS) is 57.9. The molecule has 12 heavy (non-hydrogen) atoms. The second kappa shape index (κ2) is 1.79. The third kappa shape index (κ3) is 0.572. The summed E-state index contributed by atoms with van der Waals surface area (Å²) < 4.78 is -0.488. The first-order chi connectivity index (χ1) is 5.61. The van der Waals surface area contributed by atoms with Gasteiger partial charge in [0, 0.05) is 5.41 Å². The van der Waals surface area contributed by atoms with Crippen molar-refractivity contribution in [3.05, 3.63) is 0 Å². The minimum Gasteiger partial charge on any atom is -0.198 e. The highest BCUT2D eigenvalue weighted by Gasteiger charge is 2.78. The van der Waals surface area contributed by atoms with E-state index in [9.17, 15) is 0 Å². The summed E-state index contributed by atoms with van der Waals surface area (Å²) in [6.45, 7) is 0. The Kier molecular flexibility index (Phi) is 1.11. The molecule has 4 aliphatic carbocycles. The van der Waals surface area contributed by atoms with Crippen molar-refractivity contribution in [3.63, 3.8) is 0 Å². The third-order valence-corrected chi connectivity index (χ3v) is 5.14. The number of rotatable bonds is 0. The van der Waals surface area contributed by atoms with Crippen LogP contribution >= 0.6 is 23.2 Å². The molecule has 0 aromatic carbocycles. The molecule has 0 heterocycles. The zero-order valence-electron chi connectivity index (χ0n) is 6.56. The van der Waals surface area contributed by atoms with E-state index in [0.29, 0.717) is 11.8 Å². The van der Waals surface area contributed by atoms with E-state index in [-0.39, 0.29) is 11.3 Å². The third-order valence-electron chi connectivity index (χ3n) is 4.12. The van der Waals surface area contributed by atoms with Crippen LogP contribution in [0, 0.1) is 34.5 Å². The van der Waals surface area contributed by atoms with Gasteiger partial charge in [0.15, 0.2) is 0 Å². The maximum Gasteiger partial charge on any atom is 0.125 e. The Hall–Kier alpha value is 0.0700. The number of hydrogen-bond donors (Lipinski definition) is 0. The number of hydrogen-bond acceptors (Lipinski definition) is 1. The van der Waals surface area contributed by atoms with Crippen LogP contribution in [0.2, 0.25) is 0 Å². The Bertz CT molecular complexity index is 293. The molecule has 4 aliphatic rings. The number of alkyl halides is 2. The van der Waals surface area contributed by atoms with Gasteiger partial charge in [0.1, 0.15) is 4.33 Å². The Morgan fingerprint density at radius 3 is 2.42 bits per heavy atom. The van der Waals surface area contributed by atoms with Gasteiger partial charge in [-0.15, -0.1) is 23.2 Å². The van der Waals surface area contributed by atoms with Crippen LogP contribution in [0.1, 0.15) is 19.3 Å². The summed E-state index contributed by atoms with van der Waals surface area (Å²) in [5.74, 6) is 1.39. The Morgan fingerprint density at radius 2 is 2.08 bits per heavy atom. The largest absolute Gasteiger partial charge is 0.198 e. The van der Waals surface area contributed by atoms with Crippen LogP contribution in [-0.2, 0) is 0 Å². The molecular formula is C9H9Cl2N. The van der Waals surface area contributed by atoms with Crippen LogP contribution < -0.4 is 0 Å². The summed E-state index contributed by atoms with van der Waals surface area (Å²) in [5, 5.41) is 8.86. The van der Waals surface area contributed by atoms with Crippen molar-refractivity contribution >= 4 is 23.2 Å². The van der Waals surface area contributed by atoms with Crippen LogP contribution in [-0.4, -0.2) is 4.33 Å². The summed E-state index contributed by atoms with van der Waals surface area (Å²) >= 11 is 12.2. The highest BCUT2D eigenvalue weighted by atomic mass is 35.5. The van der Waals surface area contributed by atoms with E-state index in [1.54, 1.807) is 0 Å². The lowest BCUT2D eigenvalue weighted by Gasteiger charge is -2.31. The molecule has 4 atom stereocenters.